The lowest BCUT2D eigenvalue weighted by atomic mass is 9.93. The molecule has 0 radical (unpaired) electrons. The van der Waals surface area contributed by atoms with Gasteiger partial charge >= 0.3 is 0 Å². The first-order chi connectivity index (χ1) is 6.70. The molecule has 2 aliphatic carbocycles. The van der Waals surface area contributed by atoms with Crippen molar-refractivity contribution < 1.29 is 0 Å². The zero-order valence-corrected chi connectivity index (χ0v) is 8.73. The van der Waals surface area contributed by atoms with Crippen LogP contribution in [0.4, 0.5) is 0 Å². The Bertz CT molecular complexity index is 419. The Balaban J connectivity index is 1.99. The van der Waals surface area contributed by atoms with E-state index in [9.17, 15) is 0 Å². The van der Waals surface area contributed by atoms with Gasteiger partial charge in [-0.2, -0.15) is 5.26 Å². The minimum Gasteiger partial charge on any atom is -0.324 e. The second-order valence-electron chi connectivity index (χ2n) is 4.51. The van der Waals surface area contributed by atoms with Gasteiger partial charge in [-0.3, -0.25) is 0 Å². The number of thiophene rings is 1. The van der Waals surface area contributed by atoms with Crippen LogP contribution in [0.1, 0.15) is 35.4 Å². The topological polar surface area (TPSA) is 49.8 Å². The third-order valence-electron chi connectivity index (χ3n) is 3.68. The van der Waals surface area contributed by atoms with Gasteiger partial charge in [0.2, 0.25) is 0 Å². The fourth-order valence-corrected chi connectivity index (χ4v) is 3.54. The molecule has 0 saturated heterocycles. The molecule has 2 saturated carbocycles. The summed E-state index contributed by atoms with van der Waals surface area (Å²) in [6.45, 7) is 0. The van der Waals surface area contributed by atoms with Crippen LogP contribution in [0.5, 0.6) is 0 Å². The zero-order valence-electron chi connectivity index (χ0n) is 7.92. The van der Waals surface area contributed by atoms with E-state index < -0.39 is 0 Å². The summed E-state index contributed by atoms with van der Waals surface area (Å²) in [6.07, 6.45) is 4.75. The predicted molar refractivity (Wildman–Crippen MR) is 56.1 cm³/mol. The van der Waals surface area contributed by atoms with Crippen LogP contribution in [-0.4, -0.2) is 5.54 Å². The minimum absolute atomic E-state index is 0.0740. The third-order valence-corrected chi connectivity index (χ3v) is 4.87. The fraction of sp³-hybridized carbons (Fsp3) is 0.545. The molecule has 2 fully saturated rings. The summed E-state index contributed by atoms with van der Waals surface area (Å²) >= 11 is 1.63. The van der Waals surface area contributed by atoms with Crippen LogP contribution >= 0.6 is 11.3 Å². The van der Waals surface area contributed by atoms with Gasteiger partial charge in [0.05, 0.1) is 0 Å². The summed E-state index contributed by atoms with van der Waals surface area (Å²) in [5.41, 5.74) is 6.62. The van der Waals surface area contributed by atoms with Gasteiger partial charge < -0.3 is 5.73 Å². The van der Waals surface area contributed by atoms with E-state index in [0.29, 0.717) is 0 Å². The Kier molecular flexibility index (Phi) is 1.44. The van der Waals surface area contributed by atoms with Gasteiger partial charge in [-0.1, -0.05) is 0 Å². The summed E-state index contributed by atoms with van der Waals surface area (Å²) < 4.78 is 0. The molecule has 3 rings (SSSR count). The average molecular weight is 204 g/mol. The average Bonchev–Trinajstić information content (AvgIpc) is 3.08. The molecular formula is C11H12N2S. The second-order valence-corrected chi connectivity index (χ2v) is 5.60. The quantitative estimate of drug-likeness (QED) is 0.802. The Labute approximate surface area is 87.3 Å². The number of hydrogen-bond acceptors (Lipinski definition) is 3. The van der Waals surface area contributed by atoms with Crippen molar-refractivity contribution in [2.45, 2.75) is 36.6 Å². The normalized spacial score (nSPS) is 25.4. The lowest BCUT2D eigenvalue weighted by molar-refractivity contribution is 0.511. The monoisotopic (exact) mass is 204 g/mol. The Hall–Kier alpha value is -0.850. The number of nitriles is 1. The van der Waals surface area contributed by atoms with Gasteiger partial charge in [0.15, 0.2) is 0 Å². The van der Waals surface area contributed by atoms with Crippen LogP contribution in [0.2, 0.25) is 0 Å². The van der Waals surface area contributed by atoms with Crippen LogP contribution < -0.4 is 5.73 Å². The van der Waals surface area contributed by atoms with Gasteiger partial charge in [-0.05, 0) is 37.8 Å². The first kappa shape index (κ1) is 8.46. The van der Waals surface area contributed by atoms with Crippen molar-refractivity contribution in [1.82, 2.24) is 0 Å². The molecule has 1 aromatic rings. The van der Waals surface area contributed by atoms with E-state index in [1.54, 1.807) is 11.3 Å². The highest BCUT2D eigenvalue weighted by atomic mass is 32.1. The highest BCUT2D eigenvalue weighted by Crippen LogP contribution is 2.64. The minimum atomic E-state index is 0.0740. The van der Waals surface area contributed by atoms with Crippen molar-refractivity contribution in [2.75, 3.05) is 0 Å². The first-order valence-corrected chi connectivity index (χ1v) is 5.81. The van der Waals surface area contributed by atoms with E-state index in [2.05, 4.69) is 12.1 Å². The van der Waals surface area contributed by atoms with E-state index in [1.807, 2.05) is 6.07 Å². The molecule has 0 spiro atoms. The molecule has 1 heterocycles. The molecule has 0 aromatic carbocycles. The Morgan fingerprint density at radius 2 is 2.00 bits per heavy atom. The van der Waals surface area contributed by atoms with Crippen molar-refractivity contribution in [3.05, 3.63) is 21.9 Å². The van der Waals surface area contributed by atoms with Crippen molar-refractivity contribution in [3.63, 3.8) is 0 Å². The molecule has 2 N–H and O–H groups in total. The molecule has 0 atom stereocenters. The largest absolute Gasteiger partial charge is 0.324 e. The van der Waals surface area contributed by atoms with Crippen molar-refractivity contribution in [2.24, 2.45) is 5.73 Å². The van der Waals surface area contributed by atoms with Crippen molar-refractivity contribution >= 4 is 11.3 Å². The molecule has 2 aliphatic rings. The summed E-state index contributed by atoms with van der Waals surface area (Å²) in [5.74, 6) is 0. The second kappa shape index (κ2) is 2.39. The molecule has 0 aliphatic heterocycles. The maximum absolute atomic E-state index is 8.78. The molecule has 3 heteroatoms. The van der Waals surface area contributed by atoms with Crippen molar-refractivity contribution in [1.29, 1.82) is 5.26 Å². The SMILES string of the molecule is N#Cc1ccc(C2(C3(N)CC3)CC2)s1. The maximum atomic E-state index is 8.78. The first-order valence-electron chi connectivity index (χ1n) is 5.00. The molecule has 72 valence electrons. The summed E-state index contributed by atoms with van der Waals surface area (Å²) in [6, 6.07) is 6.22. The van der Waals surface area contributed by atoms with E-state index in [1.165, 1.54) is 17.7 Å². The molecule has 2 nitrogen and oxygen atoms in total. The van der Waals surface area contributed by atoms with Gasteiger partial charge in [-0.25, -0.2) is 0 Å². The standard InChI is InChI=1S/C11H12N2S/c12-7-8-1-2-9(14-8)10(3-4-10)11(13)5-6-11/h1-2H,3-6,13H2. The molecule has 0 amide bonds. The van der Waals surface area contributed by atoms with Crippen LogP contribution in [0.3, 0.4) is 0 Å². The molecule has 0 bridgehead atoms. The number of nitrogens with zero attached hydrogens (tertiary/aromatic N) is 1. The molecule has 14 heavy (non-hydrogen) atoms. The lowest BCUT2D eigenvalue weighted by Gasteiger charge is -2.20. The van der Waals surface area contributed by atoms with E-state index in [-0.39, 0.29) is 11.0 Å². The highest BCUT2D eigenvalue weighted by Gasteiger charge is 2.64. The van der Waals surface area contributed by atoms with Gasteiger partial charge in [-0.15, -0.1) is 11.3 Å². The molecule has 0 unspecified atom stereocenters. The zero-order chi connectivity index (χ0) is 9.81. The van der Waals surface area contributed by atoms with Crippen LogP contribution in [-0.2, 0) is 5.41 Å². The summed E-state index contributed by atoms with van der Waals surface area (Å²) in [5, 5.41) is 8.78. The van der Waals surface area contributed by atoms with E-state index >= 15 is 0 Å². The highest BCUT2D eigenvalue weighted by molar-refractivity contribution is 7.12. The fourth-order valence-electron chi connectivity index (χ4n) is 2.38. The number of hydrogen-bond donors (Lipinski definition) is 1. The molecular weight excluding hydrogens is 192 g/mol. The molecule has 1 aromatic heterocycles. The van der Waals surface area contributed by atoms with Gasteiger partial charge in [0.25, 0.3) is 0 Å². The lowest BCUT2D eigenvalue weighted by Crippen LogP contribution is -2.36. The van der Waals surface area contributed by atoms with E-state index in [4.69, 9.17) is 11.0 Å². The van der Waals surface area contributed by atoms with E-state index in [0.717, 1.165) is 17.7 Å². The van der Waals surface area contributed by atoms with Crippen LogP contribution in [0.15, 0.2) is 12.1 Å². The van der Waals surface area contributed by atoms with Gasteiger partial charge in [0.1, 0.15) is 10.9 Å². The van der Waals surface area contributed by atoms with Gasteiger partial charge in [0, 0.05) is 15.8 Å². The smallest absolute Gasteiger partial charge is 0.110 e. The van der Waals surface area contributed by atoms with Crippen molar-refractivity contribution in [3.8, 4) is 6.07 Å². The predicted octanol–water partition coefficient (Wildman–Crippen LogP) is 2.14. The Morgan fingerprint density at radius 3 is 2.43 bits per heavy atom. The van der Waals surface area contributed by atoms with Crippen LogP contribution in [0.25, 0.3) is 0 Å². The van der Waals surface area contributed by atoms with Crippen LogP contribution in [0, 0.1) is 11.3 Å². The Morgan fingerprint density at radius 1 is 1.29 bits per heavy atom. The summed E-state index contributed by atoms with van der Waals surface area (Å²) in [4.78, 5) is 2.16. The number of rotatable bonds is 2. The third kappa shape index (κ3) is 0.930. The maximum Gasteiger partial charge on any atom is 0.110 e. The summed E-state index contributed by atoms with van der Waals surface area (Å²) in [7, 11) is 0. The number of nitrogens with two attached hydrogens (primary N) is 1.